The average Bonchev–Trinajstić information content (AvgIpc) is 2.78. The van der Waals surface area contributed by atoms with E-state index in [1.807, 2.05) is 11.8 Å². The third-order valence-electron chi connectivity index (χ3n) is 4.27. The number of nitrogens with one attached hydrogen (secondary N) is 1. The highest BCUT2D eigenvalue weighted by molar-refractivity contribution is 7.99. The van der Waals surface area contributed by atoms with Crippen LogP contribution in [0.3, 0.4) is 0 Å². The molecule has 0 aromatic rings. The highest BCUT2D eigenvalue weighted by Crippen LogP contribution is 2.41. The second-order valence-electron chi connectivity index (χ2n) is 5.95. The van der Waals surface area contributed by atoms with Gasteiger partial charge in [0.2, 0.25) is 0 Å². The molecule has 0 aromatic heterocycles. The molecule has 5 heteroatoms. The molecule has 2 rings (SSSR count). The fourth-order valence-corrected chi connectivity index (χ4v) is 4.50. The monoisotopic (exact) mass is 273 g/mol. The first-order valence-corrected chi connectivity index (χ1v) is 8.13. The van der Waals surface area contributed by atoms with Gasteiger partial charge in [-0.15, -0.1) is 0 Å². The number of nitrogens with zero attached hydrogens (tertiary/aromatic N) is 1. The van der Waals surface area contributed by atoms with Gasteiger partial charge in [-0.3, -0.25) is 11.3 Å². The number of thioether (sulfide) groups is 1. The lowest BCUT2D eigenvalue weighted by molar-refractivity contribution is -0.0857. The highest BCUT2D eigenvalue weighted by atomic mass is 32.2. The summed E-state index contributed by atoms with van der Waals surface area (Å²) < 4.78 is 6.08. The van der Waals surface area contributed by atoms with Crippen molar-refractivity contribution in [2.45, 2.75) is 37.3 Å². The normalized spacial score (nSPS) is 34.3. The van der Waals surface area contributed by atoms with E-state index in [4.69, 9.17) is 10.6 Å². The van der Waals surface area contributed by atoms with Crippen molar-refractivity contribution in [3.05, 3.63) is 0 Å². The zero-order valence-electron chi connectivity index (χ0n) is 11.7. The van der Waals surface area contributed by atoms with Gasteiger partial charge >= 0.3 is 0 Å². The molecule has 2 saturated heterocycles. The molecule has 2 aliphatic heterocycles. The summed E-state index contributed by atoms with van der Waals surface area (Å²) in [6.45, 7) is 2.00. The molecule has 2 aliphatic rings. The lowest BCUT2D eigenvalue weighted by Crippen LogP contribution is -2.49. The van der Waals surface area contributed by atoms with E-state index in [2.05, 4.69) is 24.4 Å². The second kappa shape index (κ2) is 6.57. The van der Waals surface area contributed by atoms with Crippen LogP contribution in [0.5, 0.6) is 0 Å². The molecule has 2 heterocycles. The third kappa shape index (κ3) is 3.61. The van der Waals surface area contributed by atoms with Gasteiger partial charge in [0.1, 0.15) is 0 Å². The first kappa shape index (κ1) is 14.6. The van der Waals surface area contributed by atoms with E-state index in [0.717, 1.165) is 26.0 Å². The molecule has 3 unspecified atom stereocenters. The molecule has 0 aliphatic carbocycles. The molecule has 0 saturated carbocycles. The summed E-state index contributed by atoms with van der Waals surface area (Å²) in [4.78, 5) is 2.23. The number of nitrogens with two attached hydrogens (primary N) is 1. The molecule has 0 bridgehead atoms. The van der Waals surface area contributed by atoms with E-state index in [9.17, 15) is 0 Å². The van der Waals surface area contributed by atoms with Crippen molar-refractivity contribution in [3.63, 3.8) is 0 Å². The van der Waals surface area contributed by atoms with Crippen molar-refractivity contribution in [2.24, 2.45) is 11.8 Å². The van der Waals surface area contributed by atoms with Crippen molar-refractivity contribution < 1.29 is 4.74 Å². The topological polar surface area (TPSA) is 50.5 Å². The quantitative estimate of drug-likeness (QED) is 0.580. The standard InChI is InChI=1S/C13H27N3OS/c1-16(2)6-3-12(15-14)11-4-7-17-13(9-11)5-8-18-10-13/h11-12,15H,3-10,14H2,1-2H3. The molecule has 3 atom stereocenters. The van der Waals surface area contributed by atoms with Gasteiger partial charge in [-0.2, -0.15) is 11.8 Å². The fourth-order valence-electron chi connectivity index (χ4n) is 3.12. The molecule has 18 heavy (non-hydrogen) atoms. The first-order valence-electron chi connectivity index (χ1n) is 6.98. The second-order valence-corrected chi connectivity index (χ2v) is 7.06. The summed E-state index contributed by atoms with van der Waals surface area (Å²) in [6.07, 6.45) is 4.67. The Morgan fingerprint density at radius 2 is 2.39 bits per heavy atom. The number of hydrogen-bond donors (Lipinski definition) is 2. The minimum Gasteiger partial charge on any atom is -0.374 e. The molecule has 0 amide bonds. The Balaban J connectivity index is 1.89. The maximum absolute atomic E-state index is 6.08. The summed E-state index contributed by atoms with van der Waals surface area (Å²) in [7, 11) is 4.24. The largest absolute Gasteiger partial charge is 0.374 e. The van der Waals surface area contributed by atoms with Crippen LogP contribution >= 0.6 is 11.8 Å². The smallest absolute Gasteiger partial charge is 0.0783 e. The van der Waals surface area contributed by atoms with Gasteiger partial charge in [-0.25, -0.2) is 0 Å². The van der Waals surface area contributed by atoms with E-state index >= 15 is 0 Å². The predicted molar refractivity (Wildman–Crippen MR) is 77.6 cm³/mol. The maximum atomic E-state index is 6.08. The van der Waals surface area contributed by atoms with Crippen molar-refractivity contribution in [1.82, 2.24) is 10.3 Å². The fraction of sp³-hybridized carbons (Fsp3) is 1.00. The van der Waals surface area contributed by atoms with Crippen molar-refractivity contribution in [2.75, 3.05) is 38.8 Å². The molecule has 1 spiro atoms. The van der Waals surface area contributed by atoms with Crippen molar-refractivity contribution >= 4 is 11.8 Å². The van der Waals surface area contributed by atoms with Crippen LogP contribution in [0, 0.1) is 5.92 Å². The van der Waals surface area contributed by atoms with Crippen molar-refractivity contribution in [1.29, 1.82) is 0 Å². The maximum Gasteiger partial charge on any atom is 0.0783 e. The number of ether oxygens (including phenoxy) is 1. The van der Waals surface area contributed by atoms with Gasteiger partial charge in [-0.05, 0) is 58.0 Å². The zero-order valence-corrected chi connectivity index (χ0v) is 12.5. The van der Waals surface area contributed by atoms with Crippen LogP contribution in [0.2, 0.25) is 0 Å². The van der Waals surface area contributed by atoms with Crippen LogP contribution in [-0.2, 0) is 4.74 Å². The van der Waals surface area contributed by atoms with Gasteiger partial charge in [0.05, 0.1) is 5.60 Å². The van der Waals surface area contributed by atoms with E-state index in [1.165, 1.54) is 24.3 Å². The molecule has 4 nitrogen and oxygen atoms in total. The summed E-state index contributed by atoms with van der Waals surface area (Å²) in [6, 6.07) is 0.429. The Hall–Kier alpha value is 0.190. The Morgan fingerprint density at radius 1 is 1.56 bits per heavy atom. The summed E-state index contributed by atoms with van der Waals surface area (Å²) >= 11 is 2.03. The molecule has 0 aromatic carbocycles. The van der Waals surface area contributed by atoms with Gasteiger partial charge in [-0.1, -0.05) is 0 Å². The van der Waals surface area contributed by atoms with E-state index in [1.54, 1.807) is 0 Å². The first-order chi connectivity index (χ1) is 8.65. The number of rotatable bonds is 5. The molecule has 3 N–H and O–H groups in total. The molecule has 0 radical (unpaired) electrons. The zero-order chi connectivity index (χ0) is 13.0. The highest BCUT2D eigenvalue weighted by Gasteiger charge is 2.42. The number of hydrazine groups is 1. The lowest BCUT2D eigenvalue weighted by Gasteiger charge is -2.41. The van der Waals surface area contributed by atoms with Crippen LogP contribution in [0.4, 0.5) is 0 Å². The van der Waals surface area contributed by atoms with E-state index in [0.29, 0.717) is 12.0 Å². The predicted octanol–water partition coefficient (Wildman–Crippen LogP) is 1.07. The third-order valence-corrected chi connectivity index (χ3v) is 5.49. The molecular formula is C13H27N3OS. The number of hydrogen-bond acceptors (Lipinski definition) is 5. The van der Waals surface area contributed by atoms with Crippen LogP contribution in [-0.4, -0.2) is 55.3 Å². The van der Waals surface area contributed by atoms with Crippen LogP contribution in [0.25, 0.3) is 0 Å². The Kier molecular flexibility index (Phi) is 5.33. The summed E-state index contributed by atoms with van der Waals surface area (Å²) in [5.41, 5.74) is 3.21. The van der Waals surface area contributed by atoms with Gasteiger partial charge in [0, 0.05) is 18.4 Å². The van der Waals surface area contributed by atoms with E-state index < -0.39 is 0 Å². The summed E-state index contributed by atoms with van der Waals surface area (Å²) in [5.74, 6) is 8.86. The van der Waals surface area contributed by atoms with Crippen LogP contribution < -0.4 is 11.3 Å². The molecular weight excluding hydrogens is 246 g/mol. The van der Waals surface area contributed by atoms with Gasteiger partial charge in [0.15, 0.2) is 0 Å². The minimum atomic E-state index is 0.167. The lowest BCUT2D eigenvalue weighted by atomic mass is 9.80. The Labute approximate surface area is 115 Å². The Morgan fingerprint density at radius 3 is 3.00 bits per heavy atom. The summed E-state index contributed by atoms with van der Waals surface area (Å²) in [5, 5.41) is 0. The van der Waals surface area contributed by atoms with Gasteiger partial charge < -0.3 is 9.64 Å². The average molecular weight is 273 g/mol. The van der Waals surface area contributed by atoms with Crippen molar-refractivity contribution in [3.8, 4) is 0 Å². The SMILES string of the molecule is CN(C)CCC(NN)C1CCOC2(CCSC2)C1. The molecule has 2 fully saturated rings. The molecule has 106 valence electrons. The van der Waals surface area contributed by atoms with Crippen LogP contribution in [0.15, 0.2) is 0 Å². The minimum absolute atomic E-state index is 0.167. The van der Waals surface area contributed by atoms with Gasteiger partial charge in [0.25, 0.3) is 0 Å². The van der Waals surface area contributed by atoms with Crippen LogP contribution in [0.1, 0.15) is 25.7 Å². The Bertz CT molecular complexity index is 257. The van der Waals surface area contributed by atoms with E-state index in [-0.39, 0.29) is 5.60 Å².